The summed E-state index contributed by atoms with van der Waals surface area (Å²) in [5.41, 5.74) is 3.36. The Morgan fingerprint density at radius 2 is 2.07 bits per heavy atom. The first-order valence-electron chi connectivity index (χ1n) is 9.49. The first-order valence-corrected chi connectivity index (χ1v) is 9.49. The van der Waals surface area contributed by atoms with Gasteiger partial charge >= 0.3 is 5.63 Å². The van der Waals surface area contributed by atoms with E-state index in [0.29, 0.717) is 22.8 Å². The fourth-order valence-corrected chi connectivity index (χ4v) is 3.36. The number of para-hydroxylation sites is 2. The number of aryl methyl sites for hydroxylation is 2. The standard InChI is InChI=1S/C22H21N3O4/c1-3-6-14-11-20(27)29-21-13(2)18(10-9-15(14)21)28-12-19(26)25-22-23-16-7-4-5-8-17(16)24-22/h4-5,7-11H,3,6,12H2,1-2H3,(H2,23,24,25,26). The number of carbonyl (C=O) groups excluding carboxylic acids is 1. The molecule has 0 fully saturated rings. The average Bonchev–Trinajstić information content (AvgIpc) is 3.10. The SMILES string of the molecule is CCCc1cc(=O)oc2c(C)c(OCC(=O)Nc3nc4ccccc4[nH]3)ccc12. The van der Waals surface area contributed by atoms with E-state index < -0.39 is 0 Å². The van der Waals surface area contributed by atoms with Gasteiger partial charge in [-0.05, 0) is 43.2 Å². The highest BCUT2D eigenvalue weighted by Crippen LogP contribution is 2.29. The molecule has 4 aromatic rings. The van der Waals surface area contributed by atoms with Crippen LogP contribution in [0.1, 0.15) is 24.5 Å². The first kappa shape index (κ1) is 18.7. The van der Waals surface area contributed by atoms with Gasteiger partial charge in [0.25, 0.3) is 5.91 Å². The van der Waals surface area contributed by atoms with E-state index in [2.05, 4.69) is 22.2 Å². The van der Waals surface area contributed by atoms with Crippen molar-refractivity contribution in [3.8, 4) is 5.75 Å². The van der Waals surface area contributed by atoms with Crippen LogP contribution in [0.4, 0.5) is 5.95 Å². The minimum Gasteiger partial charge on any atom is -0.483 e. The van der Waals surface area contributed by atoms with Gasteiger partial charge in [0.05, 0.1) is 11.0 Å². The Morgan fingerprint density at radius 1 is 1.24 bits per heavy atom. The Hall–Kier alpha value is -3.61. The number of ether oxygens (including phenoxy) is 1. The van der Waals surface area contributed by atoms with Gasteiger partial charge in [0.2, 0.25) is 5.95 Å². The van der Waals surface area contributed by atoms with Crippen molar-refractivity contribution in [3.63, 3.8) is 0 Å². The highest BCUT2D eigenvalue weighted by Gasteiger charge is 2.13. The fraction of sp³-hybridized carbons (Fsp3) is 0.227. The zero-order chi connectivity index (χ0) is 20.4. The lowest BCUT2D eigenvalue weighted by Gasteiger charge is -2.12. The summed E-state index contributed by atoms with van der Waals surface area (Å²) in [4.78, 5) is 31.5. The smallest absolute Gasteiger partial charge is 0.336 e. The van der Waals surface area contributed by atoms with Crippen molar-refractivity contribution in [2.24, 2.45) is 0 Å². The first-order chi connectivity index (χ1) is 14.0. The molecule has 0 spiro atoms. The number of imidazole rings is 1. The summed E-state index contributed by atoms with van der Waals surface area (Å²) in [6.07, 6.45) is 1.72. The Kier molecular flexibility index (Phi) is 5.03. The van der Waals surface area contributed by atoms with Crippen LogP contribution in [0, 0.1) is 6.92 Å². The topological polar surface area (TPSA) is 97.2 Å². The van der Waals surface area contributed by atoms with Crippen molar-refractivity contribution >= 4 is 33.9 Å². The van der Waals surface area contributed by atoms with Crippen molar-refractivity contribution in [1.29, 1.82) is 0 Å². The Morgan fingerprint density at radius 3 is 2.86 bits per heavy atom. The van der Waals surface area contributed by atoms with E-state index in [4.69, 9.17) is 9.15 Å². The van der Waals surface area contributed by atoms with Crippen molar-refractivity contribution in [1.82, 2.24) is 9.97 Å². The molecule has 1 amide bonds. The van der Waals surface area contributed by atoms with Crippen LogP contribution in [-0.4, -0.2) is 22.5 Å². The van der Waals surface area contributed by atoms with Crippen LogP contribution in [0.2, 0.25) is 0 Å². The highest BCUT2D eigenvalue weighted by molar-refractivity contribution is 5.92. The van der Waals surface area contributed by atoms with Gasteiger partial charge in [-0.3, -0.25) is 10.1 Å². The number of nitrogens with zero attached hydrogens (tertiary/aromatic N) is 1. The van der Waals surface area contributed by atoms with Gasteiger partial charge in [0.1, 0.15) is 11.3 Å². The predicted octanol–water partition coefficient (Wildman–Crippen LogP) is 3.95. The van der Waals surface area contributed by atoms with Gasteiger partial charge in [0, 0.05) is 17.0 Å². The Balaban J connectivity index is 1.51. The number of amides is 1. The Bertz CT molecular complexity index is 1220. The van der Waals surface area contributed by atoms with Gasteiger partial charge in [-0.2, -0.15) is 0 Å². The zero-order valence-electron chi connectivity index (χ0n) is 16.2. The second kappa shape index (κ2) is 7.79. The number of benzene rings is 2. The third kappa shape index (κ3) is 3.85. The van der Waals surface area contributed by atoms with Crippen molar-refractivity contribution in [2.45, 2.75) is 26.7 Å². The van der Waals surface area contributed by atoms with Crippen LogP contribution in [0.15, 0.2) is 51.7 Å². The fourth-order valence-electron chi connectivity index (χ4n) is 3.36. The van der Waals surface area contributed by atoms with E-state index in [0.717, 1.165) is 34.8 Å². The van der Waals surface area contributed by atoms with Crippen LogP contribution >= 0.6 is 0 Å². The van der Waals surface area contributed by atoms with Gasteiger partial charge in [-0.15, -0.1) is 0 Å². The van der Waals surface area contributed by atoms with Crippen LogP contribution in [0.5, 0.6) is 5.75 Å². The molecule has 2 aromatic heterocycles. The maximum absolute atomic E-state index is 12.3. The Labute approximate surface area is 166 Å². The van der Waals surface area contributed by atoms with E-state index in [1.807, 2.05) is 37.3 Å². The number of nitrogens with one attached hydrogen (secondary N) is 2. The lowest BCUT2D eigenvalue weighted by atomic mass is 10.0. The number of fused-ring (bicyclic) bond motifs is 2. The molecule has 0 saturated carbocycles. The van der Waals surface area contributed by atoms with E-state index in [-0.39, 0.29) is 18.1 Å². The number of carbonyl (C=O) groups is 1. The molecule has 0 radical (unpaired) electrons. The second-order valence-electron chi connectivity index (χ2n) is 6.85. The molecule has 148 valence electrons. The molecule has 2 aromatic carbocycles. The van der Waals surface area contributed by atoms with E-state index >= 15 is 0 Å². The van der Waals surface area contributed by atoms with Crippen molar-refractivity contribution in [3.05, 3.63) is 64.0 Å². The number of rotatable bonds is 6. The van der Waals surface area contributed by atoms with Gasteiger partial charge in [-0.25, -0.2) is 9.78 Å². The van der Waals surface area contributed by atoms with Gasteiger partial charge < -0.3 is 14.1 Å². The zero-order valence-corrected chi connectivity index (χ0v) is 16.2. The summed E-state index contributed by atoms with van der Waals surface area (Å²) in [5, 5.41) is 3.58. The third-order valence-electron chi connectivity index (χ3n) is 4.72. The normalized spacial score (nSPS) is 11.1. The molecule has 4 rings (SSSR count). The summed E-state index contributed by atoms with van der Waals surface area (Å²) in [7, 11) is 0. The molecule has 7 heteroatoms. The quantitative estimate of drug-likeness (QED) is 0.485. The molecule has 2 heterocycles. The maximum atomic E-state index is 12.3. The average molecular weight is 391 g/mol. The molecular weight excluding hydrogens is 370 g/mol. The molecule has 0 saturated heterocycles. The van der Waals surface area contributed by atoms with E-state index in [1.165, 1.54) is 6.07 Å². The molecule has 0 aliphatic heterocycles. The van der Waals surface area contributed by atoms with Gasteiger partial charge in [-0.1, -0.05) is 25.5 Å². The lowest BCUT2D eigenvalue weighted by molar-refractivity contribution is -0.118. The molecule has 0 aliphatic carbocycles. The second-order valence-corrected chi connectivity index (χ2v) is 6.85. The summed E-state index contributed by atoms with van der Waals surface area (Å²) in [6.45, 7) is 3.68. The van der Waals surface area contributed by atoms with Crippen molar-refractivity contribution < 1.29 is 13.9 Å². The molecule has 0 aliphatic rings. The number of H-pyrrole nitrogens is 1. The van der Waals surface area contributed by atoms with E-state index in [1.54, 1.807) is 6.07 Å². The number of aromatic nitrogens is 2. The van der Waals surface area contributed by atoms with Crippen LogP contribution in [-0.2, 0) is 11.2 Å². The summed E-state index contributed by atoms with van der Waals surface area (Å²) in [5.74, 6) is 0.518. The van der Waals surface area contributed by atoms with Gasteiger partial charge in [0.15, 0.2) is 6.61 Å². The third-order valence-corrected chi connectivity index (χ3v) is 4.72. The predicted molar refractivity (Wildman–Crippen MR) is 111 cm³/mol. The number of hydrogen-bond donors (Lipinski definition) is 2. The summed E-state index contributed by atoms with van der Waals surface area (Å²) >= 11 is 0. The summed E-state index contributed by atoms with van der Waals surface area (Å²) < 4.78 is 11.1. The van der Waals surface area contributed by atoms with E-state index in [9.17, 15) is 9.59 Å². The molecular formula is C22H21N3O4. The monoisotopic (exact) mass is 391 g/mol. The molecule has 2 N–H and O–H groups in total. The molecule has 7 nitrogen and oxygen atoms in total. The molecule has 0 unspecified atom stereocenters. The molecule has 0 bridgehead atoms. The summed E-state index contributed by atoms with van der Waals surface area (Å²) in [6, 6.07) is 12.7. The van der Waals surface area contributed by atoms with Crippen molar-refractivity contribution in [2.75, 3.05) is 11.9 Å². The number of aromatic amines is 1. The van der Waals surface area contributed by atoms with Crippen LogP contribution in [0.25, 0.3) is 22.0 Å². The number of hydrogen-bond acceptors (Lipinski definition) is 5. The largest absolute Gasteiger partial charge is 0.483 e. The number of anilines is 1. The lowest BCUT2D eigenvalue weighted by Crippen LogP contribution is -2.21. The highest BCUT2D eigenvalue weighted by atomic mass is 16.5. The van der Waals surface area contributed by atoms with Crippen LogP contribution < -0.4 is 15.7 Å². The molecule has 29 heavy (non-hydrogen) atoms. The van der Waals surface area contributed by atoms with Crippen LogP contribution in [0.3, 0.4) is 0 Å². The maximum Gasteiger partial charge on any atom is 0.336 e. The minimum atomic E-state index is -0.385. The molecule has 0 atom stereocenters. The minimum absolute atomic E-state index is 0.192.